The molecule has 0 aliphatic carbocycles. The van der Waals surface area contributed by atoms with E-state index in [0.717, 1.165) is 15.6 Å². The number of esters is 1. The van der Waals surface area contributed by atoms with Crippen LogP contribution in [-0.4, -0.2) is 30.5 Å². The lowest BCUT2D eigenvalue weighted by Gasteiger charge is -2.07. The van der Waals surface area contributed by atoms with Gasteiger partial charge in [0.1, 0.15) is 10.6 Å². The summed E-state index contributed by atoms with van der Waals surface area (Å²) >= 11 is 7.63. The molecule has 9 heteroatoms. The van der Waals surface area contributed by atoms with Gasteiger partial charge in [0.25, 0.3) is 11.8 Å². The van der Waals surface area contributed by atoms with Crippen LogP contribution >= 0.6 is 22.9 Å². The van der Waals surface area contributed by atoms with Crippen LogP contribution in [0.3, 0.4) is 0 Å². The highest BCUT2D eigenvalue weighted by Crippen LogP contribution is 2.35. The maximum absolute atomic E-state index is 12.8. The number of para-hydroxylation sites is 1. The molecular formula is C26H20ClN3O4S. The van der Waals surface area contributed by atoms with Crippen molar-refractivity contribution in [3.05, 3.63) is 99.4 Å². The molecule has 0 unspecified atom stereocenters. The van der Waals surface area contributed by atoms with Gasteiger partial charge in [0.05, 0.1) is 17.8 Å². The van der Waals surface area contributed by atoms with Crippen molar-refractivity contribution in [1.29, 1.82) is 0 Å². The van der Waals surface area contributed by atoms with E-state index in [4.69, 9.17) is 16.3 Å². The first-order valence-corrected chi connectivity index (χ1v) is 11.8. The molecule has 35 heavy (non-hydrogen) atoms. The van der Waals surface area contributed by atoms with Crippen molar-refractivity contribution in [3.63, 3.8) is 0 Å². The highest BCUT2D eigenvalue weighted by Gasteiger charge is 2.19. The fourth-order valence-electron chi connectivity index (χ4n) is 3.15. The molecular weight excluding hydrogens is 486 g/mol. The predicted octanol–water partition coefficient (Wildman–Crippen LogP) is 4.96. The second-order valence-corrected chi connectivity index (χ2v) is 8.94. The Morgan fingerprint density at radius 1 is 1.00 bits per heavy atom. The predicted molar refractivity (Wildman–Crippen MR) is 137 cm³/mol. The number of nitrogens with one attached hydrogen (secondary N) is 2. The average molecular weight is 506 g/mol. The molecule has 3 aromatic carbocycles. The first-order valence-electron chi connectivity index (χ1n) is 10.6. The number of thiophene rings is 1. The van der Waals surface area contributed by atoms with Crippen molar-refractivity contribution in [2.24, 2.45) is 5.10 Å². The normalized spacial score (nSPS) is 10.9. The minimum atomic E-state index is -0.583. The van der Waals surface area contributed by atoms with Crippen LogP contribution in [0.2, 0.25) is 5.02 Å². The summed E-state index contributed by atoms with van der Waals surface area (Å²) in [6.07, 6.45) is 1.36. The van der Waals surface area contributed by atoms with Crippen LogP contribution in [0.4, 0.5) is 0 Å². The Balaban J connectivity index is 1.36. The molecule has 1 aromatic heterocycles. The maximum Gasteiger partial charge on any atom is 0.355 e. The summed E-state index contributed by atoms with van der Waals surface area (Å²) in [6.45, 7) is 1.68. The Morgan fingerprint density at radius 3 is 2.49 bits per heavy atom. The zero-order valence-electron chi connectivity index (χ0n) is 18.6. The van der Waals surface area contributed by atoms with Crippen molar-refractivity contribution in [2.75, 3.05) is 6.54 Å². The zero-order valence-corrected chi connectivity index (χ0v) is 20.2. The Labute approximate surface area is 210 Å². The number of carbonyl (C=O) groups excluding carboxylic acids is 3. The second kappa shape index (κ2) is 10.9. The van der Waals surface area contributed by atoms with E-state index in [1.54, 1.807) is 36.4 Å². The van der Waals surface area contributed by atoms with Crippen molar-refractivity contribution < 1.29 is 19.1 Å². The van der Waals surface area contributed by atoms with Crippen LogP contribution in [0.15, 0.2) is 77.9 Å². The molecule has 0 aliphatic heterocycles. The third-order valence-electron chi connectivity index (χ3n) is 4.96. The highest BCUT2D eigenvalue weighted by molar-refractivity contribution is 7.21. The smallest absolute Gasteiger partial charge is 0.355 e. The molecule has 2 amide bonds. The monoisotopic (exact) mass is 505 g/mol. The van der Waals surface area contributed by atoms with Gasteiger partial charge >= 0.3 is 5.97 Å². The molecule has 4 rings (SSSR count). The van der Waals surface area contributed by atoms with E-state index in [1.165, 1.54) is 17.6 Å². The van der Waals surface area contributed by atoms with E-state index in [9.17, 15) is 14.4 Å². The van der Waals surface area contributed by atoms with E-state index in [2.05, 4.69) is 15.8 Å². The number of amides is 2. The van der Waals surface area contributed by atoms with Gasteiger partial charge in [-0.3, -0.25) is 9.59 Å². The molecule has 0 saturated heterocycles. The molecule has 0 radical (unpaired) electrons. The summed E-state index contributed by atoms with van der Waals surface area (Å²) < 4.78 is 6.45. The number of benzene rings is 3. The van der Waals surface area contributed by atoms with Gasteiger partial charge in [-0.25, -0.2) is 10.2 Å². The molecule has 176 valence electrons. The van der Waals surface area contributed by atoms with Gasteiger partial charge in [0, 0.05) is 21.2 Å². The van der Waals surface area contributed by atoms with Crippen molar-refractivity contribution in [3.8, 4) is 5.75 Å². The number of halogens is 1. The Bertz CT molecular complexity index is 1430. The number of hydrogen-bond acceptors (Lipinski definition) is 6. The van der Waals surface area contributed by atoms with Crippen LogP contribution in [0.25, 0.3) is 10.1 Å². The maximum atomic E-state index is 12.8. The minimum Gasteiger partial charge on any atom is -0.422 e. The van der Waals surface area contributed by atoms with Gasteiger partial charge in [-0.15, -0.1) is 11.3 Å². The average Bonchev–Trinajstić information content (AvgIpc) is 3.20. The number of nitrogens with zero attached hydrogens (tertiary/aromatic N) is 1. The molecule has 0 bridgehead atoms. The van der Waals surface area contributed by atoms with Gasteiger partial charge in [-0.2, -0.15) is 5.10 Å². The van der Waals surface area contributed by atoms with Crippen molar-refractivity contribution >= 4 is 57.0 Å². The number of fused-ring (bicyclic) bond motifs is 1. The van der Waals surface area contributed by atoms with Crippen LogP contribution in [0.1, 0.15) is 31.2 Å². The van der Waals surface area contributed by atoms with Crippen LogP contribution in [0.5, 0.6) is 5.75 Å². The van der Waals surface area contributed by atoms with Gasteiger partial charge in [-0.1, -0.05) is 59.6 Å². The standard InChI is InChI=1S/C26H20ClN3O4S/c1-16-10-12-17(13-11-16)25(32)28-15-22(31)30-29-14-18-6-2-4-8-20(18)34-26(33)24-23(27)19-7-3-5-9-21(19)35-24/h2-14H,15H2,1H3,(H,28,32)(H,30,31)/b29-14+. The number of hydrazone groups is 1. The lowest BCUT2D eigenvalue weighted by Crippen LogP contribution is -2.34. The Kier molecular flexibility index (Phi) is 7.54. The van der Waals surface area contributed by atoms with E-state index < -0.39 is 11.9 Å². The Hall–Kier alpha value is -4.01. The molecule has 0 fully saturated rings. The first kappa shape index (κ1) is 24.1. The number of ether oxygens (including phenoxy) is 1. The fraction of sp³-hybridized carbons (Fsp3) is 0.0769. The lowest BCUT2D eigenvalue weighted by atomic mass is 10.1. The summed E-state index contributed by atoms with van der Waals surface area (Å²) in [4.78, 5) is 37.2. The minimum absolute atomic E-state index is 0.245. The van der Waals surface area contributed by atoms with Crippen molar-refractivity contribution in [2.45, 2.75) is 6.92 Å². The molecule has 2 N–H and O–H groups in total. The van der Waals surface area contributed by atoms with E-state index >= 15 is 0 Å². The van der Waals surface area contributed by atoms with Crippen LogP contribution in [-0.2, 0) is 4.79 Å². The van der Waals surface area contributed by atoms with Crippen molar-refractivity contribution in [1.82, 2.24) is 10.7 Å². The largest absolute Gasteiger partial charge is 0.422 e. The summed E-state index contributed by atoms with van der Waals surface area (Å²) in [5.74, 6) is -1.19. The van der Waals surface area contributed by atoms with Gasteiger partial charge in [0.15, 0.2) is 0 Å². The van der Waals surface area contributed by atoms with Gasteiger partial charge in [0.2, 0.25) is 0 Å². The third kappa shape index (κ3) is 5.92. The summed E-state index contributed by atoms with van der Waals surface area (Å²) in [6, 6.07) is 21.2. The second-order valence-electron chi connectivity index (χ2n) is 7.51. The van der Waals surface area contributed by atoms with E-state index in [0.29, 0.717) is 21.0 Å². The molecule has 1 heterocycles. The third-order valence-corrected chi connectivity index (χ3v) is 6.61. The SMILES string of the molecule is Cc1ccc(C(=O)NCC(=O)N/N=C/c2ccccc2OC(=O)c2sc3ccccc3c2Cl)cc1. The molecule has 7 nitrogen and oxygen atoms in total. The number of aryl methyl sites for hydroxylation is 1. The zero-order chi connectivity index (χ0) is 24.8. The number of carbonyl (C=O) groups is 3. The molecule has 0 saturated carbocycles. The van der Waals surface area contributed by atoms with Crippen LogP contribution < -0.4 is 15.5 Å². The first-order chi connectivity index (χ1) is 16.9. The fourth-order valence-corrected chi connectivity index (χ4v) is 4.54. The lowest BCUT2D eigenvalue weighted by molar-refractivity contribution is -0.120. The number of rotatable bonds is 7. The van der Waals surface area contributed by atoms with E-state index in [1.807, 2.05) is 43.3 Å². The van der Waals surface area contributed by atoms with Gasteiger partial charge in [-0.05, 0) is 37.3 Å². The highest BCUT2D eigenvalue weighted by atomic mass is 35.5. The quantitative estimate of drug-likeness (QED) is 0.160. The van der Waals surface area contributed by atoms with Gasteiger partial charge < -0.3 is 10.1 Å². The van der Waals surface area contributed by atoms with E-state index in [-0.39, 0.29) is 18.2 Å². The molecule has 0 atom stereocenters. The summed E-state index contributed by atoms with van der Waals surface area (Å²) in [7, 11) is 0. The van der Waals surface area contributed by atoms with Crippen LogP contribution in [0, 0.1) is 6.92 Å². The summed E-state index contributed by atoms with van der Waals surface area (Å²) in [5, 5.41) is 7.58. The molecule has 0 spiro atoms. The topological polar surface area (TPSA) is 96.9 Å². The Morgan fingerprint density at radius 2 is 1.71 bits per heavy atom. The molecule has 0 aliphatic rings. The number of hydrogen-bond donors (Lipinski definition) is 2. The molecule has 4 aromatic rings. The summed E-state index contributed by atoms with van der Waals surface area (Å²) in [5.41, 5.74) is 4.31.